The molecule has 0 radical (unpaired) electrons. The fourth-order valence-corrected chi connectivity index (χ4v) is 10.7. The van der Waals surface area contributed by atoms with Gasteiger partial charge in [-0.3, -0.25) is 4.79 Å². The van der Waals surface area contributed by atoms with E-state index in [4.69, 9.17) is 11.6 Å². The van der Waals surface area contributed by atoms with Gasteiger partial charge in [0.2, 0.25) is 5.91 Å². The first kappa shape index (κ1) is 28.6. The van der Waals surface area contributed by atoms with Gasteiger partial charge < -0.3 is 20.5 Å². The molecule has 0 spiro atoms. The first-order chi connectivity index (χ1) is 19.1. The zero-order valence-electron chi connectivity index (χ0n) is 24.6. The third-order valence-corrected chi connectivity index (χ3v) is 13.0. The van der Waals surface area contributed by atoms with Crippen molar-refractivity contribution < 1.29 is 15.0 Å². The summed E-state index contributed by atoms with van der Waals surface area (Å²) in [7, 11) is 0. The van der Waals surface area contributed by atoms with Crippen LogP contribution in [0.2, 0.25) is 5.02 Å². The summed E-state index contributed by atoms with van der Waals surface area (Å²) in [4.78, 5) is 16.1. The molecule has 0 unspecified atom stereocenters. The lowest BCUT2D eigenvalue weighted by Crippen LogP contribution is -2.58. The van der Waals surface area contributed by atoms with E-state index in [2.05, 4.69) is 31.1 Å². The molecule has 6 rings (SSSR count). The minimum Gasteiger partial charge on any atom is -0.393 e. The molecule has 4 saturated carbocycles. The highest BCUT2D eigenvalue weighted by atomic mass is 35.5. The van der Waals surface area contributed by atoms with Crippen LogP contribution in [0, 0.1) is 46.3 Å². The molecule has 1 aromatic carbocycles. The van der Waals surface area contributed by atoms with Crippen LogP contribution in [-0.4, -0.2) is 39.9 Å². The fraction of sp³-hybridized carbons (Fsp3) is 0.735. The molecule has 0 saturated heterocycles. The largest absolute Gasteiger partial charge is 0.393 e. The number of aliphatic hydroxyl groups is 2. The molecule has 1 amide bonds. The molecular weight excluding hydrogens is 520 g/mol. The van der Waals surface area contributed by atoms with E-state index in [1.54, 1.807) is 0 Å². The highest BCUT2D eigenvalue weighted by molar-refractivity contribution is 6.31. The number of carbonyl (C=O) groups is 1. The molecule has 1 heterocycles. The third-order valence-electron chi connectivity index (χ3n) is 12.8. The number of halogens is 1. The molecule has 4 aliphatic carbocycles. The summed E-state index contributed by atoms with van der Waals surface area (Å²) in [6, 6.07) is 5.86. The Balaban J connectivity index is 1.04. The minimum atomic E-state index is -0.269. The quantitative estimate of drug-likeness (QED) is 0.293. The second-order valence-corrected chi connectivity index (χ2v) is 14.9. The lowest BCUT2D eigenvalue weighted by molar-refractivity contribution is -0.174. The summed E-state index contributed by atoms with van der Waals surface area (Å²) in [6.07, 6.45) is 12.6. The Morgan fingerprint density at radius 1 is 1.12 bits per heavy atom. The maximum atomic E-state index is 12.8. The molecule has 40 heavy (non-hydrogen) atoms. The van der Waals surface area contributed by atoms with Crippen LogP contribution >= 0.6 is 11.6 Å². The average molecular weight is 569 g/mol. The Morgan fingerprint density at radius 3 is 2.77 bits per heavy atom. The van der Waals surface area contributed by atoms with E-state index in [0.717, 1.165) is 54.5 Å². The predicted octanol–water partition coefficient (Wildman–Crippen LogP) is 6.89. The number of aromatic amines is 1. The van der Waals surface area contributed by atoms with Gasteiger partial charge in [0.1, 0.15) is 0 Å². The molecule has 2 aromatic rings. The van der Waals surface area contributed by atoms with Crippen LogP contribution in [0.5, 0.6) is 0 Å². The van der Waals surface area contributed by atoms with Gasteiger partial charge in [0.25, 0.3) is 0 Å². The lowest BCUT2D eigenvalue weighted by Gasteiger charge is -2.62. The van der Waals surface area contributed by atoms with Crippen LogP contribution < -0.4 is 5.32 Å². The Bertz CT molecular complexity index is 1230. The molecule has 4 N–H and O–H groups in total. The first-order valence-corrected chi connectivity index (χ1v) is 16.4. The van der Waals surface area contributed by atoms with Crippen molar-refractivity contribution in [2.75, 3.05) is 6.54 Å². The number of rotatable bonds is 7. The summed E-state index contributed by atoms with van der Waals surface area (Å²) < 4.78 is 0. The number of hydrogen-bond donors (Lipinski definition) is 4. The van der Waals surface area contributed by atoms with E-state index in [-0.39, 0.29) is 28.9 Å². The SMILES string of the molecule is C[C@H](CCC(=O)NCCc1c[nH]c2ccc(Cl)cc12)[C@H]1CC[C@H]2[C@@H]3CC[C@@H]4C[C@H](O)CC[C@]4(C)[C@H]3C[C@H](O)[C@]12C. The first-order valence-electron chi connectivity index (χ1n) is 16.0. The summed E-state index contributed by atoms with van der Waals surface area (Å²) in [5.41, 5.74) is 2.46. The number of aliphatic hydroxyl groups excluding tert-OH is 2. The van der Waals surface area contributed by atoms with Crippen molar-refractivity contribution in [3.8, 4) is 0 Å². The van der Waals surface area contributed by atoms with Gasteiger partial charge in [0, 0.05) is 35.1 Å². The van der Waals surface area contributed by atoms with Crippen LogP contribution in [0.15, 0.2) is 24.4 Å². The normalized spacial score (nSPS) is 39.8. The minimum absolute atomic E-state index is 0.0505. The summed E-state index contributed by atoms with van der Waals surface area (Å²) in [5.74, 6) is 3.48. The summed E-state index contributed by atoms with van der Waals surface area (Å²) in [6.45, 7) is 7.81. The highest BCUT2D eigenvalue weighted by Crippen LogP contribution is 2.68. The molecular formula is C34H49ClN2O3. The molecule has 6 heteroatoms. The van der Waals surface area contributed by atoms with Gasteiger partial charge in [0.05, 0.1) is 12.2 Å². The Kier molecular flexibility index (Phi) is 7.80. The van der Waals surface area contributed by atoms with Crippen LogP contribution in [0.25, 0.3) is 10.9 Å². The molecule has 4 aliphatic rings. The topological polar surface area (TPSA) is 85.4 Å². The third kappa shape index (κ3) is 4.82. The second-order valence-electron chi connectivity index (χ2n) is 14.5. The number of H-pyrrole nitrogens is 1. The van der Waals surface area contributed by atoms with Crippen molar-refractivity contribution in [2.45, 2.75) is 104 Å². The number of benzene rings is 1. The smallest absolute Gasteiger partial charge is 0.220 e. The molecule has 10 atom stereocenters. The molecule has 0 aliphatic heterocycles. The van der Waals surface area contributed by atoms with Gasteiger partial charge in [-0.1, -0.05) is 32.4 Å². The Hall–Kier alpha value is -1.56. The molecule has 4 fully saturated rings. The number of fused-ring (bicyclic) bond motifs is 6. The molecule has 220 valence electrons. The maximum absolute atomic E-state index is 12.8. The Morgan fingerprint density at radius 2 is 1.95 bits per heavy atom. The predicted molar refractivity (Wildman–Crippen MR) is 161 cm³/mol. The molecule has 5 nitrogen and oxygen atoms in total. The van der Waals surface area contributed by atoms with Crippen molar-refractivity contribution in [1.82, 2.24) is 10.3 Å². The van der Waals surface area contributed by atoms with Gasteiger partial charge in [0.15, 0.2) is 0 Å². The van der Waals surface area contributed by atoms with Gasteiger partial charge in [-0.05, 0) is 134 Å². The maximum Gasteiger partial charge on any atom is 0.220 e. The van der Waals surface area contributed by atoms with Gasteiger partial charge >= 0.3 is 0 Å². The van der Waals surface area contributed by atoms with Crippen LogP contribution in [-0.2, 0) is 11.2 Å². The van der Waals surface area contributed by atoms with E-state index >= 15 is 0 Å². The van der Waals surface area contributed by atoms with Gasteiger partial charge in [-0.2, -0.15) is 0 Å². The van der Waals surface area contributed by atoms with E-state index in [9.17, 15) is 15.0 Å². The summed E-state index contributed by atoms with van der Waals surface area (Å²) >= 11 is 6.18. The lowest BCUT2D eigenvalue weighted by atomic mass is 9.43. The highest BCUT2D eigenvalue weighted by Gasteiger charge is 2.63. The van der Waals surface area contributed by atoms with Crippen LogP contribution in [0.3, 0.4) is 0 Å². The van der Waals surface area contributed by atoms with Crippen molar-refractivity contribution in [1.29, 1.82) is 0 Å². The number of amides is 1. The number of hydrogen-bond acceptors (Lipinski definition) is 3. The number of nitrogens with one attached hydrogen (secondary N) is 2. The van der Waals surface area contributed by atoms with Crippen molar-refractivity contribution in [2.24, 2.45) is 46.3 Å². The Labute approximate surface area is 244 Å². The van der Waals surface area contributed by atoms with Crippen molar-refractivity contribution in [3.63, 3.8) is 0 Å². The molecule has 0 bridgehead atoms. The van der Waals surface area contributed by atoms with E-state index in [0.29, 0.717) is 48.5 Å². The van der Waals surface area contributed by atoms with Gasteiger partial charge in [-0.15, -0.1) is 0 Å². The van der Waals surface area contributed by atoms with Crippen LogP contribution in [0.1, 0.15) is 90.5 Å². The standard InChI is InChI=1S/C34H49ClN2O3/c1-20(4-11-32(40)36-15-13-21-19-37-30-10-6-23(35)17-26(21)30)27-8-9-28-25-7-5-22-16-24(38)12-14-33(22,2)29(25)18-31(39)34(27,28)3/h6,10,17,19-20,22,24-25,27-29,31,37-39H,4-5,7-9,11-16,18H2,1-3H3,(H,36,40)/t20-,22-,24-,25+,27-,28+,29+,31+,33+,34-/m1/s1. The van der Waals surface area contributed by atoms with E-state index < -0.39 is 0 Å². The van der Waals surface area contributed by atoms with Gasteiger partial charge in [-0.25, -0.2) is 0 Å². The summed E-state index contributed by atoms with van der Waals surface area (Å²) in [5, 5.41) is 27.1. The fourth-order valence-electron chi connectivity index (χ4n) is 10.5. The van der Waals surface area contributed by atoms with Crippen molar-refractivity contribution >= 4 is 28.4 Å². The average Bonchev–Trinajstić information content (AvgIpc) is 3.49. The number of aromatic nitrogens is 1. The second kappa shape index (κ2) is 10.9. The van der Waals surface area contributed by atoms with Crippen LogP contribution in [0.4, 0.5) is 0 Å². The molecule has 1 aromatic heterocycles. The zero-order chi connectivity index (χ0) is 28.2. The zero-order valence-corrected chi connectivity index (χ0v) is 25.4. The van der Waals surface area contributed by atoms with E-state index in [1.807, 2.05) is 24.4 Å². The monoisotopic (exact) mass is 568 g/mol. The van der Waals surface area contributed by atoms with E-state index in [1.165, 1.54) is 31.2 Å². The van der Waals surface area contributed by atoms with Crippen molar-refractivity contribution in [3.05, 3.63) is 35.0 Å². The number of carbonyl (C=O) groups excluding carboxylic acids is 1.